The van der Waals surface area contributed by atoms with E-state index in [1.807, 2.05) is 4.90 Å². The van der Waals surface area contributed by atoms with Crippen LogP contribution >= 0.6 is 0 Å². The van der Waals surface area contributed by atoms with Gasteiger partial charge < -0.3 is 14.4 Å². The molecule has 5 heteroatoms. The van der Waals surface area contributed by atoms with Gasteiger partial charge in [-0.1, -0.05) is 37.6 Å². The minimum absolute atomic E-state index is 0.158. The van der Waals surface area contributed by atoms with E-state index in [-0.39, 0.29) is 5.91 Å². The van der Waals surface area contributed by atoms with Gasteiger partial charge in [-0.15, -0.1) is 0 Å². The lowest BCUT2D eigenvalue weighted by atomic mass is 9.88. The number of likely N-dealkylation sites (tertiary alicyclic amines) is 1. The molecule has 1 amide bonds. The molecule has 2 fully saturated rings. The van der Waals surface area contributed by atoms with Gasteiger partial charge in [0.1, 0.15) is 0 Å². The van der Waals surface area contributed by atoms with Crippen LogP contribution in [0.4, 0.5) is 0 Å². The summed E-state index contributed by atoms with van der Waals surface area (Å²) in [5.41, 5.74) is 5.80. The number of carbonyl (C=O) groups excluding carboxylic acids is 1. The zero-order valence-corrected chi connectivity index (χ0v) is 23.4. The standard InChI is InChI=1S/C32H44N4O/c1-23(2)21-33-14-12-26(13-15-33)30-22-36(28-9-6-25(5)7-10-28)31-20-27(8-11-29(30)31)32(37)35-18-16-34(17-19-35)24(3)4/h6-11,20,22-24,26H,12-19,21H2,1-5H3. The van der Waals surface area contributed by atoms with E-state index >= 15 is 0 Å². The SMILES string of the molecule is Cc1ccc(-n2cc(C3CCN(CC(C)C)CC3)c3ccc(C(=O)N4CCN(C(C)C)CC4)cc32)cc1. The Balaban J connectivity index is 1.45. The molecule has 0 spiro atoms. The van der Waals surface area contributed by atoms with Crippen LogP contribution in [0, 0.1) is 12.8 Å². The van der Waals surface area contributed by atoms with E-state index in [4.69, 9.17) is 0 Å². The fourth-order valence-electron chi connectivity index (χ4n) is 6.20. The van der Waals surface area contributed by atoms with Gasteiger partial charge in [-0.3, -0.25) is 9.69 Å². The largest absolute Gasteiger partial charge is 0.336 e. The highest BCUT2D eigenvalue weighted by Gasteiger charge is 2.27. The molecular weight excluding hydrogens is 456 g/mol. The van der Waals surface area contributed by atoms with Gasteiger partial charge >= 0.3 is 0 Å². The second kappa shape index (κ2) is 11.0. The third kappa shape index (κ3) is 5.63. The number of carbonyl (C=O) groups is 1. The first-order valence-electron chi connectivity index (χ1n) is 14.3. The molecule has 0 unspecified atom stereocenters. The highest BCUT2D eigenvalue weighted by molar-refractivity contribution is 5.99. The van der Waals surface area contributed by atoms with Crippen molar-refractivity contribution in [1.82, 2.24) is 19.3 Å². The molecule has 37 heavy (non-hydrogen) atoms. The Bertz CT molecular complexity index is 1210. The molecule has 3 aromatic rings. The number of hydrogen-bond donors (Lipinski definition) is 0. The van der Waals surface area contributed by atoms with E-state index in [2.05, 4.69) is 97.6 Å². The number of nitrogens with zero attached hydrogens (tertiary/aromatic N) is 4. The smallest absolute Gasteiger partial charge is 0.254 e. The van der Waals surface area contributed by atoms with Crippen molar-refractivity contribution >= 4 is 16.8 Å². The summed E-state index contributed by atoms with van der Waals surface area (Å²) in [6.45, 7) is 18.2. The Hall–Kier alpha value is -2.63. The Morgan fingerprint density at radius 3 is 2.19 bits per heavy atom. The molecule has 2 saturated heterocycles. The van der Waals surface area contributed by atoms with E-state index in [1.165, 1.54) is 49.0 Å². The lowest BCUT2D eigenvalue weighted by Crippen LogP contribution is -2.50. The predicted molar refractivity (Wildman–Crippen MR) is 154 cm³/mol. The normalized spacial score (nSPS) is 18.4. The molecule has 0 saturated carbocycles. The van der Waals surface area contributed by atoms with Gasteiger partial charge in [0.15, 0.2) is 0 Å². The highest BCUT2D eigenvalue weighted by Crippen LogP contribution is 2.36. The van der Waals surface area contributed by atoms with Crippen molar-refractivity contribution in [3.63, 3.8) is 0 Å². The average Bonchev–Trinajstić information content (AvgIpc) is 3.28. The lowest BCUT2D eigenvalue weighted by molar-refractivity contribution is 0.0595. The van der Waals surface area contributed by atoms with Gasteiger partial charge in [-0.2, -0.15) is 0 Å². The molecule has 198 valence electrons. The Labute approximate surface area is 223 Å². The number of piperazine rings is 1. The van der Waals surface area contributed by atoms with Crippen molar-refractivity contribution in [3.8, 4) is 5.69 Å². The van der Waals surface area contributed by atoms with Crippen molar-refractivity contribution in [3.05, 3.63) is 65.4 Å². The summed E-state index contributed by atoms with van der Waals surface area (Å²) in [6, 6.07) is 15.7. The Kier molecular flexibility index (Phi) is 7.73. The minimum Gasteiger partial charge on any atom is -0.336 e. The van der Waals surface area contributed by atoms with Gasteiger partial charge in [0.2, 0.25) is 0 Å². The van der Waals surface area contributed by atoms with E-state index in [1.54, 1.807) is 0 Å². The fraction of sp³-hybridized carbons (Fsp3) is 0.531. The molecule has 0 N–H and O–H groups in total. The monoisotopic (exact) mass is 500 g/mol. The molecule has 2 aromatic carbocycles. The number of rotatable bonds is 6. The zero-order valence-electron chi connectivity index (χ0n) is 23.4. The van der Waals surface area contributed by atoms with Gasteiger partial charge in [0.25, 0.3) is 5.91 Å². The zero-order chi connectivity index (χ0) is 26.1. The van der Waals surface area contributed by atoms with Crippen LogP contribution in [0.3, 0.4) is 0 Å². The Morgan fingerprint density at radius 2 is 1.57 bits per heavy atom. The molecule has 5 nitrogen and oxygen atoms in total. The topological polar surface area (TPSA) is 31.7 Å². The van der Waals surface area contributed by atoms with Gasteiger partial charge in [0.05, 0.1) is 5.52 Å². The van der Waals surface area contributed by atoms with Crippen LogP contribution in [-0.4, -0.2) is 77.0 Å². The number of fused-ring (bicyclic) bond motifs is 1. The first kappa shape index (κ1) is 26.0. The number of aromatic nitrogens is 1. The summed E-state index contributed by atoms with van der Waals surface area (Å²) in [5.74, 6) is 1.43. The number of hydrogen-bond acceptors (Lipinski definition) is 3. The molecule has 2 aliphatic heterocycles. The van der Waals surface area contributed by atoms with E-state index in [0.717, 1.165) is 42.9 Å². The van der Waals surface area contributed by atoms with Crippen LogP contribution in [0.2, 0.25) is 0 Å². The number of benzene rings is 2. The number of piperidine rings is 1. The Morgan fingerprint density at radius 1 is 0.892 bits per heavy atom. The maximum atomic E-state index is 13.5. The van der Waals surface area contributed by atoms with Gasteiger partial charge in [-0.05, 0) is 88.4 Å². The average molecular weight is 501 g/mol. The summed E-state index contributed by atoms with van der Waals surface area (Å²) in [6.07, 6.45) is 4.74. The van der Waals surface area contributed by atoms with Crippen LogP contribution < -0.4 is 0 Å². The number of amides is 1. The summed E-state index contributed by atoms with van der Waals surface area (Å²) >= 11 is 0. The fourth-order valence-corrected chi connectivity index (χ4v) is 6.20. The van der Waals surface area contributed by atoms with Crippen molar-refractivity contribution in [2.75, 3.05) is 45.8 Å². The van der Waals surface area contributed by atoms with Crippen LogP contribution in [0.15, 0.2) is 48.7 Å². The number of aryl methyl sites for hydroxylation is 1. The summed E-state index contributed by atoms with van der Waals surface area (Å²) in [7, 11) is 0. The first-order valence-corrected chi connectivity index (χ1v) is 14.3. The molecule has 0 aliphatic carbocycles. The molecule has 5 rings (SSSR count). The third-order valence-corrected chi connectivity index (χ3v) is 8.38. The molecule has 0 atom stereocenters. The first-order chi connectivity index (χ1) is 17.8. The third-order valence-electron chi connectivity index (χ3n) is 8.38. The van der Waals surface area contributed by atoms with Crippen LogP contribution in [-0.2, 0) is 0 Å². The molecular formula is C32H44N4O. The van der Waals surface area contributed by atoms with E-state index in [0.29, 0.717) is 17.9 Å². The second-order valence-corrected chi connectivity index (χ2v) is 11.9. The summed E-state index contributed by atoms with van der Waals surface area (Å²) < 4.78 is 2.32. The van der Waals surface area contributed by atoms with Crippen molar-refractivity contribution in [1.29, 1.82) is 0 Å². The van der Waals surface area contributed by atoms with Crippen LogP contribution in [0.1, 0.15) is 67.9 Å². The maximum absolute atomic E-state index is 13.5. The van der Waals surface area contributed by atoms with Crippen molar-refractivity contribution in [2.24, 2.45) is 5.92 Å². The highest BCUT2D eigenvalue weighted by atomic mass is 16.2. The van der Waals surface area contributed by atoms with Crippen molar-refractivity contribution < 1.29 is 4.79 Å². The van der Waals surface area contributed by atoms with Crippen LogP contribution in [0.5, 0.6) is 0 Å². The summed E-state index contributed by atoms with van der Waals surface area (Å²) in [5, 5.41) is 1.30. The van der Waals surface area contributed by atoms with Gasteiger partial charge in [-0.25, -0.2) is 0 Å². The second-order valence-electron chi connectivity index (χ2n) is 11.9. The molecule has 0 radical (unpaired) electrons. The minimum atomic E-state index is 0.158. The summed E-state index contributed by atoms with van der Waals surface area (Å²) in [4.78, 5) is 20.6. The quantitative estimate of drug-likeness (QED) is 0.420. The lowest BCUT2D eigenvalue weighted by Gasteiger charge is -2.37. The van der Waals surface area contributed by atoms with Gasteiger partial charge in [0, 0.05) is 61.6 Å². The molecule has 3 heterocycles. The van der Waals surface area contributed by atoms with Crippen molar-refractivity contribution in [2.45, 2.75) is 59.4 Å². The molecule has 0 bridgehead atoms. The predicted octanol–water partition coefficient (Wildman–Crippen LogP) is 5.94. The maximum Gasteiger partial charge on any atom is 0.254 e. The van der Waals surface area contributed by atoms with E-state index < -0.39 is 0 Å². The van der Waals surface area contributed by atoms with Crippen LogP contribution in [0.25, 0.3) is 16.6 Å². The molecule has 1 aromatic heterocycles. The van der Waals surface area contributed by atoms with E-state index in [9.17, 15) is 4.79 Å². The molecule has 2 aliphatic rings.